The van der Waals surface area contributed by atoms with Gasteiger partial charge >= 0.3 is 12.1 Å². The molecule has 0 aliphatic carbocycles. The Bertz CT molecular complexity index is 593. The highest BCUT2D eigenvalue weighted by Crippen LogP contribution is 2.45. The summed E-state index contributed by atoms with van der Waals surface area (Å²) in [6.07, 6.45) is -2.93. The summed E-state index contributed by atoms with van der Waals surface area (Å²) in [4.78, 5) is 17.0. The van der Waals surface area contributed by atoms with Crippen molar-refractivity contribution < 1.29 is 27.8 Å². The highest BCUT2D eigenvalue weighted by molar-refractivity contribution is 5.77. The van der Waals surface area contributed by atoms with E-state index in [-0.39, 0.29) is 31.4 Å². The first-order valence-electron chi connectivity index (χ1n) is 6.93. The fourth-order valence-electron chi connectivity index (χ4n) is 3.33. The minimum Gasteiger partial charge on any atom is -0.481 e. The number of hydrogen-bond acceptors (Lipinski definition) is 4. The van der Waals surface area contributed by atoms with E-state index < -0.39 is 23.1 Å². The normalized spacial score (nSPS) is 28.5. The largest absolute Gasteiger partial charge is 0.481 e. The Morgan fingerprint density at radius 3 is 2.91 bits per heavy atom. The second-order valence-electron chi connectivity index (χ2n) is 5.74. The maximum atomic E-state index is 13.1. The molecule has 0 spiro atoms. The van der Waals surface area contributed by atoms with Crippen molar-refractivity contribution in [3.05, 3.63) is 23.9 Å². The van der Waals surface area contributed by atoms with Gasteiger partial charge in [0.15, 0.2) is 0 Å². The minimum absolute atomic E-state index is 0.0243. The first-order valence-corrected chi connectivity index (χ1v) is 6.93. The number of halogens is 3. The average Bonchev–Trinajstić information content (AvgIpc) is 2.87. The van der Waals surface area contributed by atoms with E-state index in [1.54, 1.807) is 0 Å². The third-order valence-electron chi connectivity index (χ3n) is 4.52. The minimum atomic E-state index is -4.52. The average molecular weight is 316 g/mol. The van der Waals surface area contributed by atoms with Crippen LogP contribution in [0.1, 0.15) is 12.0 Å². The van der Waals surface area contributed by atoms with Crippen molar-refractivity contribution in [1.82, 2.24) is 4.98 Å². The summed E-state index contributed by atoms with van der Waals surface area (Å²) < 4.78 is 44.7. The first kappa shape index (κ1) is 15.1. The molecule has 120 valence electrons. The summed E-state index contributed by atoms with van der Waals surface area (Å²) in [5.41, 5.74) is -1.89. The zero-order valence-corrected chi connectivity index (χ0v) is 11.6. The van der Waals surface area contributed by atoms with Gasteiger partial charge in [0.05, 0.1) is 17.6 Å². The second-order valence-corrected chi connectivity index (χ2v) is 5.74. The number of alkyl halides is 3. The Kier molecular flexibility index (Phi) is 3.51. The molecule has 0 bridgehead atoms. The predicted octanol–water partition coefficient (Wildman–Crippen LogP) is 2.03. The SMILES string of the molecule is O=C(O)[C@]12CCOC[C@H]1CN(c1ncccc1C(F)(F)F)C2. The molecule has 2 aliphatic heterocycles. The van der Waals surface area contributed by atoms with E-state index in [4.69, 9.17) is 4.74 Å². The molecular formula is C14H15F3N2O3. The van der Waals surface area contributed by atoms with Crippen molar-refractivity contribution in [3.63, 3.8) is 0 Å². The van der Waals surface area contributed by atoms with Gasteiger partial charge in [0.1, 0.15) is 5.82 Å². The van der Waals surface area contributed by atoms with Crippen molar-refractivity contribution in [2.24, 2.45) is 11.3 Å². The molecule has 1 N–H and O–H groups in total. The molecule has 0 aromatic carbocycles. The lowest BCUT2D eigenvalue weighted by Gasteiger charge is -2.33. The molecule has 0 amide bonds. The van der Waals surface area contributed by atoms with E-state index in [0.29, 0.717) is 13.0 Å². The molecule has 2 atom stereocenters. The van der Waals surface area contributed by atoms with E-state index in [2.05, 4.69) is 4.98 Å². The van der Waals surface area contributed by atoms with Crippen LogP contribution in [0, 0.1) is 11.3 Å². The molecule has 2 fully saturated rings. The fourth-order valence-corrected chi connectivity index (χ4v) is 3.33. The summed E-state index contributed by atoms with van der Waals surface area (Å²) >= 11 is 0. The van der Waals surface area contributed by atoms with E-state index in [9.17, 15) is 23.1 Å². The lowest BCUT2D eigenvalue weighted by Crippen LogP contribution is -2.44. The third kappa shape index (κ3) is 2.31. The van der Waals surface area contributed by atoms with Crippen LogP contribution in [-0.2, 0) is 15.7 Å². The highest BCUT2D eigenvalue weighted by Gasteiger charge is 2.55. The van der Waals surface area contributed by atoms with Crippen LogP contribution in [0.2, 0.25) is 0 Å². The topological polar surface area (TPSA) is 62.7 Å². The van der Waals surface area contributed by atoms with Crippen LogP contribution in [0.5, 0.6) is 0 Å². The number of pyridine rings is 1. The van der Waals surface area contributed by atoms with Crippen LogP contribution in [-0.4, -0.2) is 42.4 Å². The molecular weight excluding hydrogens is 301 g/mol. The number of ether oxygens (including phenoxy) is 1. The summed E-state index contributed by atoms with van der Waals surface area (Å²) in [5.74, 6) is -1.51. The van der Waals surface area contributed by atoms with Crippen LogP contribution in [0.4, 0.5) is 19.0 Å². The molecule has 2 saturated heterocycles. The number of rotatable bonds is 2. The lowest BCUT2D eigenvalue weighted by molar-refractivity contribution is -0.157. The van der Waals surface area contributed by atoms with E-state index in [1.165, 1.54) is 17.2 Å². The van der Waals surface area contributed by atoms with Gasteiger partial charge in [-0.25, -0.2) is 4.98 Å². The summed E-state index contributed by atoms with van der Waals surface area (Å²) in [6, 6.07) is 2.19. The third-order valence-corrected chi connectivity index (χ3v) is 4.52. The smallest absolute Gasteiger partial charge is 0.419 e. The molecule has 0 unspecified atom stereocenters. The highest BCUT2D eigenvalue weighted by atomic mass is 19.4. The number of hydrogen-bond donors (Lipinski definition) is 1. The van der Waals surface area contributed by atoms with Gasteiger partial charge in [-0.05, 0) is 18.6 Å². The van der Waals surface area contributed by atoms with E-state index in [0.717, 1.165) is 6.07 Å². The Hall–Kier alpha value is -1.83. The zero-order valence-electron chi connectivity index (χ0n) is 11.6. The van der Waals surface area contributed by atoms with Crippen molar-refractivity contribution in [2.45, 2.75) is 12.6 Å². The molecule has 8 heteroatoms. The Balaban J connectivity index is 1.97. The zero-order chi connectivity index (χ0) is 16.0. The first-order chi connectivity index (χ1) is 10.3. The molecule has 0 radical (unpaired) electrons. The van der Waals surface area contributed by atoms with Crippen molar-refractivity contribution >= 4 is 11.8 Å². The predicted molar refractivity (Wildman–Crippen MR) is 70.4 cm³/mol. The maximum Gasteiger partial charge on any atom is 0.419 e. The van der Waals surface area contributed by atoms with E-state index in [1.807, 2.05) is 0 Å². The maximum absolute atomic E-state index is 13.1. The quantitative estimate of drug-likeness (QED) is 0.904. The Labute approximate surface area is 124 Å². The standard InChI is InChI=1S/C14H15F3N2O3/c15-14(16,17)10-2-1-4-18-11(10)19-6-9-7-22-5-3-13(9,8-19)12(20)21/h1-2,4,9H,3,5-8H2,(H,20,21)/t9-,13+/m1/s1. The summed E-state index contributed by atoms with van der Waals surface area (Å²) in [5, 5.41) is 9.57. The number of carboxylic acid groups (broad SMARTS) is 1. The number of nitrogens with zero attached hydrogens (tertiary/aromatic N) is 2. The van der Waals surface area contributed by atoms with Gasteiger partial charge in [-0.1, -0.05) is 0 Å². The molecule has 3 rings (SSSR count). The van der Waals surface area contributed by atoms with Crippen LogP contribution < -0.4 is 4.90 Å². The van der Waals surface area contributed by atoms with Crippen LogP contribution in [0.15, 0.2) is 18.3 Å². The molecule has 2 aliphatic rings. The van der Waals surface area contributed by atoms with Gasteiger partial charge < -0.3 is 14.7 Å². The van der Waals surface area contributed by atoms with Gasteiger partial charge in [0, 0.05) is 31.8 Å². The molecule has 3 heterocycles. The molecule has 5 nitrogen and oxygen atoms in total. The molecule has 1 aromatic rings. The van der Waals surface area contributed by atoms with Crippen LogP contribution in [0.3, 0.4) is 0 Å². The van der Waals surface area contributed by atoms with E-state index >= 15 is 0 Å². The van der Waals surface area contributed by atoms with Crippen LogP contribution in [0.25, 0.3) is 0 Å². The molecule has 22 heavy (non-hydrogen) atoms. The number of aromatic nitrogens is 1. The van der Waals surface area contributed by atoms with Gasteiger partial charge in [0.2, 0.25) is 0 Å². The number of carboxylic acids is 1. The Morgan fingerprint density at radius 2 is 2.27 bits per heavy atom. The van der Waals surface area contributed by atoms with Gasteiger partial charge in [0.25, 0.3) is 0 Å². The Morgan fingerprint density at radius 1 is 1.50 bits per heavy atom. The lowest BCUT2D eigenvalue weighted by atomic mass is 9.74. The summed E-state index contributed by atoms with van der Waals surface area (Å²) in [7, 11) is 0. The van der Waals surface area contributed by atoms with Gasteiger partial charge in [-0.2, -0.15) is 13.2 Å². The summed E-state index contributed by atoms with van der Waals surface area (Å²) in [6.45, 7) is 0.783. The number of anilines is 1. The fraction of sp³-hybridized carbons (Fsp3) is 0.571. The molecule has 1 aromatic heterocycles. The van der Waals surface area contributed by atoms with Gasteiger partial charge in [-0.15, -0.1) is 0 Å². The number of carbonyl (C=O) groups is 1. The van der Waals surface area contributed by atoms with Crippen LogP contribution >= 0.6 is 0 Å². The molecule has 0 saturated carbocycles. The number of fused-ring (bicyclic) bond motifs is 1. The van der Waals surface area contributed by atoms with Gasteiger partial charge in [-0.3, -0.25) is 4.79 Å². The monoisotopic (exact) mass is 316 g/mol. The van der Waals surface area contributed by atoms with Crippen molar-refractivity contribution in [3.8, 4) is 0 Å². The van der Waals surface area contributed by atoms with Crippen molar-refractivity contribution in [2.75, 3.05) is 31.2 Å². The number of aliphatic carboxylic acids is 1. The second kappa shape index (κ2) is 5.12. The van der Waals surface area contributed by atoms with Crippen molar-refractivity contribution in [1.29, 1.82) is 0 Å².